The van der Waals surface area contributed by atoms with Crippen molar-refractivity contribution in [3.8, 4) is 5.75 Å². The first kappa shape index (κ1) is 14.1. The van der Waals surface area contributed by atoms with Crippen LogP contribution in [0.3, 0.4) is 0 Å². The summed E-state index contributed by atoms with van der Waals surface area (Å²) < 4.78 is 0. The maximum atomic E-state index is 11.8. The van der Waals surface area contributed by atoms with Crippen molar-refractivity contribution in [1.82, 2.24) is 0 Å². The highest BCUT2D eigenvalue weighted by Gasteiger charge is 2.57. The van der Waals surface area contributed by atoms with E-state index in [0.717, 1.165) is 30.2 Å². The van der Waals surface area contributed by atoms with E-state index in [4.69, 9.17) is 5.73 Å². The second kappa shape index (κ2) is 4.74. The van der Waals surface area contributed by atoms with Crippen LogP contribution in [-0.4, -0.2) is 11.0 Å². The van der Waals surface area contributed by atoms with E-state index in [1.807, 2.05) is 6.07 Å². The molecule has 118 valence electrons. The summed E-state index contributed by atoms with van der Waals surface area (Å²) in [6.45, 7) is 2.08. The zero-order valence-corrected chi connectivity index (χ0v) is 13.2. The molecule has 0 aromatic heterocycles. The number of amides is 1. The summed E-state index contributed by atoms with van der Waals surface area (Å²) in [6.07, 6.45) is 6.83. The van der Waals surface area contributed by atoms with Gasteiger partial charge in [-0.05, 0) is 91.4 Å². The van der Waals surface area contributed by atoms with Gasteiger partial charge >= 0.3 is 0 Å². The molecule has 0 radical (unpaired) electrons. The monoisotopic (exact) mass is 299 g/mol. The average Bonchev–Trinajstić information content (AvgIpc) is 2.38. The Hall–Kier alpha value is -1.51. The summed E-state index contributed by atoms with van der Waals surface area (Å²) in [5.41, 5.74) is 8.20. The molecule has 1 aromatic rings. The second-order valence-corrected chi connectivity index (χ2v) is 8.13. The van der Waals surface area contributed by atoms with Crippen molar-refractivity contribution in [2.24, 2.45) is 28.9 Å². The smallest absolute Gasteiger partial charge is 0.217 e. The summed E-state index contributed by atoms with van der Waals surface area (Å²) in [6, 6.07) is 5.74. The normalized spacial score (nSPS) is 39.1. The first-order chi connectivity index (χ1) is 10.5. The first-order valence-corrected chi connectivity index (χ1v) is 8.55. The minimum absolute atomic E-state index is 0.0717. The number of hydrogen-bond donors (Lipinski definition) is 2. The molecule has 3 N–H and O–H groups in total. The maximum Gasteiger partial charge on any atom is 0.217 e. The summed E-state index contributed by atoms with van der Waals surface area (Å²) >= 11 is 0. The third-order valence-electron chi connectivity index (χ3n) is 6.58. The van der Waals surface area contributed by atoms with Crippen LogP contribution in [0.2, 0.25) is 0 Å². The highest BCUT2D eigenvalue weighted by Crippen LogP contribution is 2.67. The molecule has 1 amide bonds. The fraction of sp³-hybridized carbons (Fsp3) is 0.632. The van der Waals surface area contributed by atoms with E-state index < -0.39 is 0 Å². The topological polar surface area (TPSA) is 63.3 Å². The zero-order valence-electron chi connectivity index (χ0n) is 13.2. The van der Waals surface area contributed by atoms with Crippen LogP contribution in [0, 0.1) is 30.1 Å². The average molecular weight is 299 g/mol. The van der Waals surface area contributed by atoms with Crippen LogP contribution in [-0.2, 0) is 4.79 Å². The lowest BCUT2D eigenvalue weighted by Crippen LogP contribution is -2.52. The van der Waals surface area contributed by atoms with Gasteiger partial charge in [-0.3, -0.25) is 4.79 Å². The lowest BCUT2D eigenvalue weighted by Gasteiger charge is -2.61. The Morgan fingerprint density at radius 1 is 1.27 bits per heavy atom. The van der Waals surface area contributed by atoms with Crippen LogP contribution in [0.15, 0.2) is 18.2 Å². The lowest BCUT2D eigenvalue weighted by molar-refractivity contribution is -0.129. The van der Waals surface area contributed by atoms with Crippen molar-refractivity contribution in [2.75, 3.05) is 0 Å². The number of rotatable bonds is 3. The van der Waals surface area contributed by atoms with Crippen molar-refractivity contribution in [1.29, 1.82) is 0 Å². The van der Waals surface area contributed by atoms with Gasteiger partial charge in [-0.15, -0.1) is 0 Å². The predicted molar refractivity (Wildman–Crippen MR) is 85.4 cm³/mol. The molecule has 1 aromatic carbocycles. The molecular formula is C19H25NO2. The summed E-state index contributed by atoms with van der Waals surface area (Å²) in [4.78, 5) is 11.8. The van der Waals surface area contributed by atoms with E-state index in [-0.39, 0.29) is 11.3 Å². The fourth-order valence-electron chi connectivity index (χ4n) is 6.40. The number of phenolic OH excluding ortho intramolecular Hbond substituents is 1. The number of carbonyl (C=O) groups is 1. The molecule has 4 fully saturated rings. The van der Waals surface area contributed by atoms with E-state index in [0.29, 0.717) is 24.0 Å². The van der Waals surface area contributed by atoms with Gasteiger partial charge in [0.05, 0.1) is 0 Å². The molecule has 3 atom stereocenters. The van der Waals surface area contributed by atoms with Crippen molar-refractivity contribution >= 4 is 5.91 Å². The van der Waals surface area contributed by atoms with Gasteiger partial charge in [0.15, 0.2) is 0 Å². The standard InChI is InChI=1S/C19H25NO2/c1-11-4-15(21)2-3-16(11)18-14-6-12-5-13(7-14)9-19(18,8-12)10-17(20)22/h2-4,12-14,18,21H,5-10H2,1H3,(H2,20,22). The Kier molecular flexibility index (Phi) is 3.04. The molecule has 4 saturated carbocycles. The van der Waals surface area contributed by atoms with E-state index in [1.165, 1.54) is 24.8 Å². The largest absolute Gasteiger partial charge is 0.508 e. The van der Waals surface area contributed by atoms with Gasteiger partial charge in [0.1, 0.15) is 5.75 Å². The predicted octanol–water partition coefficient (Wildman–Crippen LogP) is 3.49. The molecule has 3 heteroatoms. The van der Waals surface area contributed by atoms with Gasteiger partial charge in [-0.25, -0.2) is 0 Å². The van der Waals surface area contributed by atoms with Gasteiger partial charge in [-0.2, -0.15) is 0 Å². The zero-order chi connectivity index (χ0) is 15.5. The van der Waals surface area contributed by atoms with Gasteiger partial charge in [0.25, 0.3) is 0 Å². The molecule has 0 heterocycles. The summed E-state index contributed by atoms with van der Waals surface area (Å²) in [5, 5.41) is 9.72. The number of hydrogen-bond acceptors (Lipinski definition) is 2. The van der Waals surface area contributed by atoms with Gasteiger partial charge in [0.2, 0.25) is 5.91 Å². The van der Waals surface area contributed by atoms with E-state index in [9.17, 15) is 9.90 Å². The Morgan fingerprint density at radius 3 is 2.55 bits per heavy atom. The van der Waals surface area contributed by atoms with Crippen LogP contribution in [0.1, 0.15) is 55.6 Å². The van der Waals surface area contributed by atoms with Gasteiger partial charge in [-0.1, -0.05) is 6.07 Å². The highest BCUT2D eigenvalue weighted by molar-refractivity contribution is 5.75. The van der Waals surface area contributed by atoms with Crippen LogP contribution >= 0.6 is 0 Å². The van der Waals surface area contributed by atoms with E-state index in [2.05, 4.69) is 13.0 Å². The Labute approximate surface area is 131 Å². The molecule has 5 rings (SSSR count). The van der Waals surface area contributed by atoms with Crippen LogP contribution < -0.4 is 5.73 Å². The Balaban J connectivity index is 1.80. The maximum absolute atomic E-state index is 11.8. The number of primary amides is 1. The molecule has 4 aliphatic carbocycles. The van der Waals surface area contributed by atoms with E-state index in [1.54, 1.807) is 6.07 Å². The molecule has 4 bridgehead atoms. The third kappa shape index (κ3) is 2.05. The molecule has 3 nitrogen and oxygen atoms in total. The number of aryl methyl sites for hydroxylation is 1. The molecule has 3 unspecified atom stereocenters. The second-order valence-electron chi connectivity index (χ2n) is 8.13. The number of benzene rings is 1. The molecule has 4 aliphatic rings. The number of aromatic hydroxyl groups is 1. The fourth-order valence-corrected chi connectivity index (χ4v) is 6.40. The molecular weight excluding hydrogens is 274 g/mol. The highest BCUT2D eigenvalue weighted by atomic mass is 16.3. The number of phenols is 1. The summed E-state index contributed by atoms with van der Waals surface area (Å²) in [7, 11) is 0. The molecule has 22 heavy (non-hydrogen) atoms. The Bertz CT molecular complexity index is 610. The van der Waals surface area contributed by atoms with Crippen LogP contribution in [0.4, 0.5) is 0 Å². The molecule has 0 saturated heterocycles. The minimum atomic E-state index is -0.150. The third-order valence-corrected chi connectivity index (χ3v) is 6.58. The number of nitrogens with two attached hydrogens (primary N) is 1. The van der Waals surface area contributed by atoms with Gasteiger partial charge < -0.3 is 10.8 Å². The summed E-state index contributed by atoms with van der Waals surface area (Å²) in [5.74, 6) is 2.90. The minimum Gasteiger partial charge on any atom is -0.508 e. The van der Waals surface area contributed by atoms with Gasteiger partial charge in [0, 0.05) is 6.42 Å². The van der Waals surface area contributed by atoms with Crippen molar-refractivity contribution < 1.29 is 9.90 Å². The Morgan fingerprint density at radius 2 is 1.95 bits per heavy atom. The molecule has 0 spiro atoms. The van der Waals surface area contributed by atoms with Crippen molar-refractivity contribution in [3.63, 3.8) is 0 Å². The lowest BCUT2D eigenvalue weighted by atomic mass is 9.43. The van der Waals surface area contributed by atoms with Crippen LogP contribution in [0.5, 0.6) is 5.75 Å². The van der Waals surface area contributed by atoms with Crippen molar-refractivity contribution in [2.45, 2.75) is 51.4 Å². The SMILES string of the molecule is Cc1cc(O)ccc1C1C2CC3CC(C2)CC1(CC(N)=O)C3. The number of carbonyl (C=O) groups excluding carboxylic acids is 1. The van der Waals surface area contributed by atoms with E-state index >= 15 is 0 Å². The van der Waals surface area contributed by atoms with Crippen molar-refractivity contribution in [3.05, 3.63) is 29.3 Å². The first-order valence-electron chi connectivity index (χ1n) is 8.55. The van der Waals surface area contributed by atoms with Crippen LogP contribution in [0.25, 0.3) is 0 Å². The molecule has 0 aliphatic heterocycles. The quantitative estimate of drug-likeness (QED) is 0.897.